The summed E-state index contributed by atoms with van der Waals surface area (Å²) in [5, 5.41) is 7.14. The fraction of sp³-hybridized carbons (Fsp3) is 0.0435. The minimum absolute atomic E-state index is 0.803. The number of fused-ring (bicyclic) bond motifs is 1. The molecule has 0 N–H and O–H groups in total. The molecule has 47 heavy (non-hydrogen) atoms. The SMILES string of the molecule is Cc1ccccc1-c1ccccc1Cc1cc(-c2ccccc2)c2oc3c(-c4ccccc4)ccc4cccc(c5cccc1c25)c43. The van der Waals surface area contributed by atoms with Gasteiger partial charge in [0.1, 0.15) is 11.2 Å². The molecule has 0 aliphatic heterocycles. The molecule has 0 bridgehead atoms. The average Bonchev–Trinajstić information content (AvgIpc) is 3.28. The molecule has 9 rings (SSSR count). The van der Waals surface area contributed by atoms with E-state index in [-0.39, 0.29) is 0 Å². The van der Waals surface area contributed by atoms with E-state index >= 15 is 0 Å². The van der Waals surface area contributed by atoms with Crippen LogP contribution < -0.4 is 0 Å². The van der Waals surface area contributed by atoms with Crippen molar-refractivity contribution in [1.82, 2.24) is 0 Å². The van der Waals surface area contributed by atoms with Crippen LogP contribution in [0.4, 0.5) is 0 Å². The summed E-state index contributed by atoms with van der Waals surface area (Å²) in [6.45, 7) is 2.20. The van der Waals surface area contributed by atoms with E-state index in [2.05, 4.69) is 171 Å². The molecule has 222 valence electrons. The van der Waals surface area contributed by atoms with Crippen LogP contribution in [0.1, 0.15) is 16.7 Å². The lowest BCUT2D eigenvalue weighted by Gasteiger charge is -2.16. The molecule has 0 fully saturated rings. The van der Waals surface area contributed by atoms with Gasteiger partial charge in [0.25, 0.3) is 0 Å². The highest BCUT2D eigenvalue weighted by atomic mass is 16.3. The van der Waals surface area contributed by atoms with E-state index in [4.69, 9.17) is 4.42 Å². The van der Waals surface area contributed by atoms with Crippen LogP contribution in [0.5, 0.6) is 0 Å². The van der Waals surface area contributed by atoms with Crippen LogP contribution in [0.2, 0.25) is 0 Å². The monoisotopic (exact) mass is 600 g/mol. The van der Waals surface area contributed by atoms with Crippen molar-refractivity contribution in [2.24, 2.45) is 0 Å². The first-order valence-corrected chi connectivity index (χ1v) is 16.3. The molecule has 9 aromatic rings. The lowest BCUT2D eigenvalue weighted by molar-refractivity contribution is 0.666. The molecule has 1 nitrogen and oxygen atoms in total. The van der Waals surface area contributed by atoms with Crippen LogP contribution in [0.25, 0.3) is 76.9 Å². The second-order valence-corrected chi connectivity index (χ2v) is 12.5. The summed E-state index contributed by atoms with van der Waals surface area (Å²) in [6, 6.07) is 59.1. The number of aryl methyl sites for hydroxylation is 1. The van der Waals surface area contributed by atoms with Crippen LogP contribution in [0.15, 0.2) is 168 Å². The van der Waals surface area contributed by atoms with Gasteiger partial charge in [-0.2, -0.15) is 0 Å². The molecule has 1 heterocycles. The van der Waals surface area contributed by atoms with E-state index in [1.807, 2.05) is 0 Å². The molecular formula is C46H32O. The minimum Gasteiger partial charge on any atom is -0.455 e. The van der Waals surface area contributed by atoms with Crippen molar-refractivity contribution in [2.75, 3.05) is 0 Å². The van der Waals surface area contributed by atoms with Gasteiger partial charge in [0.05, 0.1) is 0 Å². The molecule has 0 aliphatic carbocycles. The zero-order valence-corrected chi connectivity index (χ0v) is 26.2. The molecule has 0 atom stereocenters. The topological polar surface area (TPSA) is 13.1 Å². The molecule has 0 radical (unpaired) electrons. The fourth-order valence-corrected chi connectivity index (χ4v) is 7.47. The molecule has 0 saturated heterocycles. The summed E-state index contributed by atoms with van der Waals surface area (Å²) in [7, 11) is 0. The number of rotatable bonds is 5. The molecule has 0 aliphatic rings. The minimum atomic E-state index is 0.803. The quantitative estimate of drug-likeness (QED) is 0.192. The van der Waals surface area contributed by atoms with Crippen LogP contribution in [-0.2, 0) is 6.42 Å². The standard InChI is InChI=1S/C46H32O/c1-30-14-8-10-21-36(30)37-22-11-9-19-34(37)28-35-29-42(32-17-6-3-7-18-32)46-44-38(35)23-13-25-41(44)40-24-12-20-33-26-27-39(45(47-46)43(33)40)31-15-4-2-5-16-31/h2-27,29H,28H2,1H3. The van der Waals surface area contributed by atoms with Gasteiger partial charge in [0.2, 0.25) is 0 Å². The number of hydrogen-bond acceptors (Lipinski definition) is 1. The zero-order chi connectivity index (χ0) is 31.3. The summed E-state index contributed by atoms with van der Waals surface area (Å²) in [6.07, 6.45) is 0.803. The summed E-state index contributed by atoms with van der Waals surface area (Å²) in [5.41, 5.74) is 12.8. The molecule has 1 aromatic heterocycles. The van der Waals surface area contributed by atoms with Crippen molar-refractivity contribution in [3.05, 3.63) is 180 Å². The number of hydrogen-bond donors (Lipinski definition) is 0. The first-order chi connectivity index (χ1) is 23.2. The van der Waals surface area contributed by atoms with Crippen LogP contribution in [-0.4, -0.2) is 0 Å². The van der Waals surface area contributed by atoms with Gasteiger partial charge < -0.3 is 4.42 Å². The summed E-state index contributed by atoms with van der Waals surface area (Å²) < 4.78 is 7.33. The Morgan fingerprint density at radius 1 is 0.404 bits per heavy atom. The Morgan fingerprint density at radius 2 is 1.00 bits per heavy atom. The van der Waals surface area contributed by atoms with Crippen molar-refractivity contribution in [2.45, 2.75) is 13.3 Å². The van der Waals surface area contributed by atoms with Gasteiger partial charge in [0.15, 0.2) is 0 Å². The van der Waals surface area contributed by atoms with E-state index < -0.39 is 0 Å². The second kappa shape index (κ2) is 11.2. The largest absolute Gasteiger partial charge is 0.455 e. The predicted molar refractivity (Wildman–Crippen MR) is 199 cm³/mol. The molecular weight excluding hydrogens is 569 g/mol. The van der Waals surface area contributed by atoms with Gasteiger partial charge in [-0.05, 0) is 86.0 Å². The highest BCUT2D eigenvalue weighted by Gasteiger charge is 2.20. The lowest BCUT2D eigenvalue weighted by Crippen LogP contribution is -1.96. The first kappa shape index (κ1) is 27.4. The van der Waals surface area contributed by atoms with Gasteiger partial charge in [-0.1, -0.05) is 152 Å². The average molecular weight is 601 g/mol. The van der Waals surface area contributed by atoms with Crippen LogP contribution >= 0.6 is 0 Å². The van der Waals surface area contributed by atoms with Crippen molar-refractivity contribution in [1.29, 1.82) is 0 Å². The number of benzene rings is 8. The van der Waals surface area contributed by atoms with E-state index in [1.54, 1.807) is 0 Å². The maximum absolute atomic E-state index is 7.33. The third-order valence-electron chi connectivity index (χ3n) is 9.70. The van der Waals surface area contributed by atoms with Gasteiger partial charge >= 0.3 is 0 Å². The van der Waals surface area contributed by atoms with E-state index in [9.17, 15) is 0 Å². The van der Waals surface area contributed by atoms with Gasteiger partial charge in [-0.15, -0.1) is 0 Å². The van der Waals surface area contributed by atoms with Gasteiger partial charge in [-0.25, -0.2) is 0 Å². The molecule has 0 spiro atoms. The fourth-order valence-electron chi connectivity index (χ4n) is 7.47. The summed E-state index contributed by atoms with van der Waals surface area (Å²) in [4.78, 5) is 0. The Balaban J connectivity index is 1.42. The van der Waals surface area contributed by atoms with Crippen molar-refractivity contribution in [3.63, 3.8) is 0 Å². The normalized spacial score (nSPS) is 11.6. The maximum Gasteiger partial charge on any atom is 0.143 e. The van der Waals surface area contributed by atoms with Crippen molar-refractivity contribution >= 4 is 43.5 Å². The lowest BCUT2D eigenvalue weighted by atomic mass is 9.88. The van der Waals surface area contributed by atoms with E-state index in [0.29, 0.717) is 0 Å². The van der Waals surface area contributed by atoms with Gasteiger partial charge in [-0.3, -0.25) is 0 Å². The molecule has 0 unspecified atom stereocenters. The zero-order valence-electron chi connectivity index (χ0n) is 26.2. The molecule has 1 heteroatoms. The smallest absolute Gasteiger partial charge is 0.143 e. The Bertz CT molecular complexity index is 2590. The van der Waals surface area contributed by atoms with Crippen LogP contribution in [0, 0.1) is 6.92 Å². The van der Waals surface area contributed by atoms with Gasteiger partial charge in [0, 0.05) is 21.9 Å². The summed E-state index contributed by atoms with van der Waals surface area (Å²) in [5.74, 6) is 0. The Morgan fingerprint density at radius 3 is 1.77 bits per heavy atom. The van der Waals surface area contributed by atoms with Crippen molar-refractivity contribution in [3.8, 4) is 33.4 Å². The second-order valence-electron chi connectivity index (χ2n) is 12.5. The molecule has 0 amide bonds. The predicted octanol–water partition coefficient (Wildman–Crippen LogP) is 12.8. The Hall–Kier alpha value is -5.92. The third kappa shape index (κ3) is 4.55. The maximum atomic E-state index is 7.33. The highest BCUT2D eigenvalue weighted by Crippen LogP contribution is 2.44. The van der Waals surface area contributed by atoms with Crippen molar-refractivity contribution < 1.29 is 4.42 Å². The van der Waals surface area contributed by atoms with E-state index in [1.165, 1.54) is 54.7 Å². The Kier molecular flexibility index (Phi) is 6.50. The molecule has 8 aromatic carbocycles. The third-order valence-corrected chi connectivity index (χ3v) is 9.70. The van der Waals surface area contributed by atoms with E-state index in [0.717, 1.165) is 45.2 Å². The van der Waals surface area contributed by atoms with Crippen LogP contribution in [0.3, 0.4) is 0 Å². The Labute approximate surface area is 274 Å². The first-order valence-electron chi connectivity index (χ1n) is 16.3. The summed E-state index contributed by atoms with van der Waals surface area (Å²) >= 11 is 0. The highest BCUT2D eigenvalue weighted by molar-refractivity contribution is 6.26. The molecule has 0 saturated carbocycles.